The summed E-state index contributed by atoms with van der Waals surface area (Å²) in [5.41, 5.74) is 0.864. The molecule has 7 heteroatoms. The zero-order chi connectivity index (χ0) is 17.9. The maximum Gasteiger partial charge on any atom is 0.230 e. The smallest absolute Gasteiger partial charge is 0.230 e. The Kier molecular flexibility index (Phi) is 5.17. The molecule has 0 aromatic carbocycles. The third-order valence-corrected chi connectivity index (χ3v) is 6.16. The molecule has 0 bridgehead atoms. The van der Waals surface area contributed by atoms with E-state index in [2.05, 4.69) is 9.88 Å². The van der Waals surface area contributed by atoms with Crippen LogP contribution in [0.15, 0.2) is 29.8 Å². The number of amides is 1. The lowest BCUT2D eigenvalue weighted by Gasteiger charge is -2.34. The first-order valence-electron chi connectivity index (χ1n) is 9.24. The number of nitrogens with zero attached hydrogens (tertiary/aromatic N) is 4. The molecule has 2 aromatic heterocycles. The topological polar surface area (TPSA) is 58.6 Å². The first kappa shape index (κ1) is 17.4. The number of aromatic nitrogens is 2. The highest BCUT2D eigenvalue weighted by Gasteiger charge is 2.30. The molecule has 0 saturated carbocycles. The van der Waals surface area contributed by atoms with Gasteiger partial charge in [0.05, 0.1) is 24.8 Å². The van der Waals surface area contributed by atoms with Crippen LogP contribution in [0.4, 0.5) is 5.95 Å². The number of anilines is 1. The van der Waals surface area contributed by atoms with Crippen molar-refractivity contribution in [2.75, 3.05) is 37.7 Å². The van der Waals surface area contributed by atoms with Gasteiger partial charge in [0.25, 0.3) is 0 Å². The van der Waals surface area contributed by atoms with E-state index in [0.29, 0.717) is 19.7 Å². The van der Waals surface area contributed by atoms with Gasteiger partial charge in [-0.1, -0.05) is 6.07 Å². The molecule has 0 spiro atoms. The molecule has 0 N–H and O–H groups in total. The Balaban J connectivity index is 1.46. The van der Waals surface area contributed by atoms with Crippen molar-refractivity contribution in [3.63, 3.8) is 0 Å². The first-order chi connectivity index (χ1) is 12.7. The molecule has 2 fully saturated rings. The fourth-order valence-corrected chi connectivity index (χ4v) is 4.35. The predicted molar refractivity (Wildman–Crippen MR) is 101 cm³/mol. The second-order valence-electron chi connectivity index (χ2n) is 6.86. The summed E-state index contributed by atoms with van der Waals surface area (Å²) in [6, 6.07) is 5.92. The van der Waals surface area contributed by atoms with E-state index >= 15 is 0 Å². The van der Waals surface area contributed by atoms with E-state index in [9.17, 15) is 4.79 Å². The Morgan fingerprint density at radius 2 is 2.15 bits per heavy atom. The SMILES string of the molecule is C[C@H](C(=O)N1CCO[C@@H](c2ccnc(N3CCCC3)n2)C1)c1cccs1. The van der Waals surface area contributed by atoms with Gasteiger partial charge in [-0.3, -0.25) is 4.79 Å². The molecule has 1 amide bonds. The number of hydrogen-bond acceptors (Lipinski definition) is 6. The highest BCUT2D eigenvalue weighted by Crippen LogP contribution is 2.27. The summed E-state index contributed by atoms with van der Waals surface area (Å²) in [5, 5.41) is 2.02. The van der Waals surface area contributed by atoms with E-state index in [1.807, 2.05) is 35.4 Å². The van der Waals surface area contributed by atoms with E-state index in [1.54, 1.807) is 17.5 Å². The van der Waals surface area contributed by atoms with Crippen molar-refractivity contribution in [3.8, 4) is 0 Å². The predicted octanol–water partition coefficient (Wildman–Crippen LogP) is 2.84. The van der Waals surface area contributed by atoms with Gasteiger partial charge in [0.15, 0.2) is 0 Å². The Hall–Kier alpha value is -1.99. The van der Waals surface area contributed by atoms with Crippen molar-refractivity contribution in [1.29, 1.82) is 0 Å². The summed E-state index contributed by atoms with van der Waals surface area (Å²) in [6.07, 6.45) is 3.99. The number of rotatable bonds is 4. The molecular weight excluding hydrogens is 348 g/mol. The van der Waals surface area contributed by atoms with Crippen molar-refractivity contribution < 1.29 is 9.53 Å². The molecule has 138 valence electrons. The largest absolute Gasteiger partial charge is 0.368 e. The molecule has 4 rings (SSSR count). The molecule has 2 aliphatic heterocycles. The van der Waals surface area contributed by atoms with E-state index < -0.39 is 0 Å². The van der Waals surface area contributed by atoms with Gasteiger partial charge in [0, 0.05) is 30.7 Å². The van der Waals surface area contributed by atoms with Crippen LogP contribution < -0.4 is 4.90 Å². The van der Waals surface area contributed by atoms with Crippen LogP contribution in [0, 0.1) is 0 Å². The van der Waals surface area contributed by atoms with E-state index in [1.165, 1.54) is 12.8 Å². The summed E-state index contributed by atoms with van der Waals surface area (Å²) in [4.78, 5) is 27.3. The van der Waals surface area contributed by atoms with Gasteiger partial charge in [0.2, 0.25) is 11.9 Å². The summed E-state index contributed by atoms with van der Waals surface area (Å²) >= 11 is 1.63. The Morgan fingerprint density at radius 3 is 2.92 bits per heavy atom. The summed E-state index contributed by atoms with van der Waals surface area (Å²) in [7, 11) is 0. The van der Waals surface area contributed by atoms with Crippen LogP contribution in [0.25, 0.3) is 0 Å². The number of thiophene rings is 1. The van der Waals surface area contributed by atoms with E-state index in [-0.39, 0.29) is 17.9 Å². The van der Waals surface area contributed by atoms with Gasteiger partial charge >= 0.3 is 0 Å². The molecule has 0 unspecified atom stereocenters. The minimum absolute atomic E-state index is 0.112. The lowest BCUT2D eigenvalue weighted by molar-refractivity contribution is -0.140. The molecule has 2 saturated heterocycles. The van der Waals surface area contributed by atoms with Crippen molar-refractivity contribution in [2.45, 2.75) is 31.8 Å². The molecule has 2 aromatic rings. The molecule has 2 aliphatic rings. The third kappa shape index (κ3) is 3.59. The molecule has 0 aliphatic carbocycles. The van der Waals surface area contributed by atoms with Gasteiger partial charge in [-0.05, 0) is 37.3 Å². The molecule has 6 nitrogen and oxygen atoms in total. The van der Waals surface area contributed by atoms with Gasteiger partial charge in [0.1, 0.15) is 6.10 Å². The third-order valence-electron chi connectivity index (χ3n) is 5.10. The highest BCUT2D eigenvalue weighted by molar-refractivity contribution is 7.10. The van der Waals surface area contributed by atoms with Crippen molar-refractivity contribution in [2.24, 2.45) is 0 Å². The average Bonchev–Trinajstić information content (AvgIpc) is 3.41. The minimum atomic E-state index is -0.187. The molecular formula is C19H24N4O2S. The number of carbonyl (C=O) groups is 1. The van der Waals surface area contributed by atoms with Crippen LogP contribution >= 0.6 is 11.3 Å². The zero-order valence-electron chi connectivity index (χ0n) is 15.0. The number of hydrogen-bond donors (Lipinski definition) is 0. The molecule has 0 radical (unpaired) electrons. The van der Waals surface area contributed by atoms with Gasteiger partial charge in [-0.2, -0.15) is 0 Å². The van der Waals surface area contributed by atoms with Crippen molar-refractivity contribution in [1.82, 2.24) is 14.9 Å². The summed E-state index contributed by atoms with van der Waals surface area (Å²) < 4.78 is 5.93. The summed E-state index contributed by atoms with van der Waals surface area (Å²) in [6.45, 7) is 5.72. The fourth-order valence-electron chi connectivity index (χ4n) is 3.57. The van der Waals surface area contributed by atoms with Crippen LogP contribution in [0.5, 0.6) is 0 Å². The second-order valence-corrected chi connectivity index (χ2v) is 7.84. The van der Waals surface area contributed by atoms with Crippen molar-refractivity contribution in [3.05, 3.63) is 40.3 Å². The maximum atomic E-state index is 12.9. The van der Waals surface area contributed by atoms with Gasteiger partial charge in [-0.25, -0.2) is 9.97 Å². The Morgan fingerprint density at radius 1 is 1.31 bits per heavy atom. The van der Waals surface area contributed by atoms with Crippen LogP contribution in [-0.4, -0.2) is 53.6 Å². The number of ether oxygens (including phenoxy) is 1. The summed E-state index contributed by atoms with van der Waals surface area (Å²) in [5.74, 6) is 0.827. The van der Waals surface area contributed by atoms with Crippen LogP contribution in [0.3, 0.4) is 0 Å². The zero-order valence-corrected chi connectivity index (χ0v) is 15.8. The molecule has 4 heterocycles. The maximum absolute atomic E-state index is 12.9. The van der Waals surface area contributed by atoms with E-state index in [4.69, 9.17) is 9.72 Å². The molecule has 2 atom stereocenters. The lowest BCUT2D eigenvalue weighted by atomic mass is 10.1. The van der Waals surface area contributed by atoms with E-state index in [0.717, 1.165) is 29.6 Å². The number of carbonyl (C=O) groups excluding carboxylic acids is 1. The normalized spacial score (nSPS) is 21.8. The quantitative estimate of drug-likeness (QED) is 0.826. The standard InChI is InChI=1S/C19H24N4O2S/c1-14(17-5-4-12-26-17)18(24)23-10-11-25-16(13-23)15-6-7-20-19(21-15)22-8-2-3-9-22/h4-7,12,14,16H,2-3,8-11,13H2,1H3/t14-,16+/m0/s1. The fraction of sp³-hybridized carbons (Fsp3) is 0.526. The van der Waals surface area contributed by atoms with Gasteiger partial charge in [-0.15, -0.1) is 11.3 Å². The Bertz CT molecular complexity index is 746. The minimum Gasteiger partial charge on any atom is -0.368 e. The van der Waals surface area contributed by atoms with Gasteiger partial charge < -0.3 is 14.5 Å². The van der Waals surface area contributed by atoms with Crippen LogP contribution in [-0.2, 0) is 9.53 Å². The number of morpholine rings is 1. The lowest BCUT2D eigenvalue weighted by Crippen LogP contribution is -2.44. The Labute approximate surface area is 157 Å². The first-order valence-corrected chi connectivity index (χ1v) is 10.1. The molecule has 26 heavy (non-hydrogen) atoms. The monoisotopic (exact) mass is 372 g/mol. The van der Waals surface area contributed by atoms with Crippen molar-refractivity contribution >= 4 is 23.2 Å². The average molecular weight is 372 g/mol. The highest BCUT2D eigenvalue weighted by atomic mass is 32.1. The van der Waals surface area contributed by atoms with Crippen LogP contribution in [0.2, 0.25) is 0 Å². The second kappa shape index (κ2) is 7.72. The van der Waals surface area contributed by atoms with Crippen LogP contribution in [0.1, 0.15) is 42.4 Å².